The van der Waals surface area contributed by atoms with Crippen LogP contribution in [0.2, 0.25) is 0 Å². The molecule has 1 saturated heterocycles. The number of rotatable bonds is 3. The van der Waals surface area contributed by atoms with Gasteiger partial charge < -0.3 is 14.9 Å². The van der Waals surface area contributed by atoms with Crippen LogP contribution in [0.25, 0.3) is 0 Å². The molecule has 1 fully saturated rings. The summed E-state index contributed by atoms with van der Waals surface area (Å²) >= 11 is 0. The summed E-state index contributed by atoms with van der Waals surface area (Å²) in [6.45, 7) is 4.27. The van der Waals surface area contributed by atoms with Crippen LogP contribution >= 0.6 is 0 Å². The molecule has 1 N–H and O–H groups in total. The van der Waals surface area contributed by atoms with Crippen LogP contribution in [0.15, 0.2) is 24.3 Å². The highest BCUT2D eigenvalue weighted by atomic mass is 19.1. The van der Waals surface area contributed by atoms with Crippen molar-refractivity contribution in [2.24, 2.45) is 0 Å². The van der Waals surface area contributed by atoms with E-state index in [2.05, 4.69) is 23.8 Å². The highest BCUT2D eigenvalue weighted by molar-refractivity contribution is 5.49. The molecule has 3 nitrogen and oxygen atoms in total. The Morgan fingerprint density at radius 2 is 1.94 bits per heavy atom. The first-order chi connectivity index (χ1) is 8.61. The Morgan fingerprint density at radius 3 is 2.56 bits per heavy atom. The number of halogens is 1. The van der Waals surface area contributed by atoms with Gasteiger partial charge in [0, 0.05) is 37.5 Å². The molecule has 0 radical (unpaired) electrons. The zero-order valence-electron chi connectivity index (χ0n) is 11.0. The summed E-state index contributed by atoms with van der Waals surface area (Å²) in [4.78, 5) is 4.58. The summed E-state index contributed by atoms with van der Waals surface area (Å²) in [6, 6.07) is 7.29. The fourth-order valence-electron chi connectivity index (χ4n) is 2.88. The van der Waals surface area contributed by atoms with Gasteiger partial charge in [-0.2, -0.15) is 0 Å². The molecule has 1 aromatic carbocycles. The number of nitrogens with zero attached hydrogens (tertiary/aromatic N) is 2. The molecule has 4 heteroatoms. The molecule has 2 unspecified atom stereocenters. The van der Waals surface area contributed by atoms with E-state index in [4.69, 9.17) is 0 Å². The average molecular weight is 252 g/mol. The molecular formula is C14H21FN2O. The van der Waals surface area contributed by atoms with Crippen LogP contribution in [0.3, 0.4) is 0 Å². The van der Waals surface area contributed by atoms with Gasteiger partial charge in [0.1, 0.15) is 5.82 Å². The van der Waals surface area contributed by atoms with E-state index in [0.29, 0.717) is 6.04 Å². The van der Waals surface area contributed by atoms with Crippen LogP contribution in [-0.2, 0) is 0 Å². The summed E-state index contributed by atoms with van der Waals surface area (Å²) < 4.78 is 13.0. The standard InChI is InChI=1S/C14H21FN2O/c1-11-9-16(2)10-14(7-8-18)17(11)13-5-3-12(15)4-6-13/h3-6,11,14,18H,7-10H2,1-2H3. The molecule has 0 spiro atoms. The number of hydrogen-bond donors (Lipinski definition) is 1. The van der Waals surface area contributed by atoms with Crippen molar-refractivity contribution < 1.29 is 9.50 Å². The van der Waals surface area contributed by atoms with Crippen molar-refractivity contribution in [2.75, 3.05) is 31.6 Å². The number of hydrogen-bond acceptors (Lipinski definition) is 3. The first kappa shape index (κ1) is 13.3. The molecule has 1 aliphatic rings. The minimum Gasteiger partial charge on any atom is -0.396 e. The van der Waals surface area contributed by atoms with Crippen molar-refractivity contribution >= 4 is 5.69 Å². The predicted octanol–water partition coefficient (Wildman–Crippen LogP) is 1.72. The van der Waals surface area contributed by atoms with Gasteiger partial charge in [-0.25, -0.2) is 4.39 Å². The van der Waals surface area contributed by atoms with E-state index in [1.54, 1.807) is 0 Å². The Bertz CT molecular complexity index is 382. The second kappa shape index (κ2) is 5.67. The predicted molar refractivity (Wildman–Crippen MR) is 71.3 cm³/mol. The molecule has 0 saturated carbocycles. The van der Waals surface area contributed by atoms with Crippen LogP contribution in [-0.4, -0.2) is 48.8 Å². The lowest BCUT2D eigenvalue weighted by Gasteiger charge is -2.46. The van der Waals surface area contributed by atoms with Crippen LogP contribution in [0.1, 0.15) is 13.3 Å². The molecule has 1 heterocycles. The Kier molecular flexibility index (Phi) is 4.19. The first-order valence-corrected chi connectivity index (χ1v) is 6.45. The summed E-state index contributed by atoms with van der Waals surface area (Å²) in [7, 11) is 2.10. The molecule has 0 amide bonds. The van der Waals surface area contributed by atoms with Crippen molar-refractivity contribution in [1.29, 1.82) is 0 Å². The van der Waals surface area contributed by atoms with E-state index in [0.717, 1.165) is 25.2 Å². The minimum atomic E-state index is -0.209. The third-order valence-electron chi connectivity index (χ3n) is 3.55. The molecule has 2 atom stereocenters. The molecule has 2 rings (SSSR count). The van der Waals surface area contributed by atoms with Crippen LogP contribution < -0.4 is 4.90 Å². The maximum atomic E-state index is 13.0. The first-order valence-electron chi connectivity index (χ1n) is 6.45. The summed E-state index contributed by atoms with van der Waals surface area (Å²) in [6.07, 6.45) is 0.742. The molecule has 0 aromatic heterocycles. The number of piperazine rings is 1. The highest BCUT2D eigenvalue weighted by Crippen LogP contribution is 2.25. The molecule has 1 aliphatic heterocycles. The molecule has 1 aromatic rings. The van der Waals surface area contributed by atoms with Crippen molar-refractivity contribution in [1.82, 2.24) is 4.90 Å². The van der Waals surface area contributed by atoms with Gasteiger partial charge in [0.15, 0.2) is 0 Å². The second-order valence-corrected chi connectivity index (χ2v) is 5.12. The largest absolute Gasteiger partial charge is 0.396 e. The van der Waals surface area contributed by atoms with E-state index in [1.165, 1.54) is 12.1 Å². The van der Waals surface area contributed by atoms with Crippen LogP contribution in [0.4, 0.5) is 10.1 Å². The van der Waals surface area contributed by atoms with Crippen molar-refractivity contribution in [3.05, 3.63) is 30.1 Å². The molecule has 100 valence electrons. The summed E-state index contributed by atoms with van der Waals surface area (Å²) in [5, 5.41) is 9.19. The summed E-state index contributed by atoms with van der Waals surface area (Å²) in [5.74, 6) is -0.209. The minimum absolute atomic E-state index is 0.183. The van der Waals surface area contributed by atoms with E-state index in [-0.39, 0.29) is 18.5 Å². The van der Waals surface area contributed by atoms with E-state index >= 15 is 0 Å². The number of benzene rings is 1. The maximum absolute atomic E-state index is 13.0. The van der Waals surface area contributed by atoms with Crippen molar-refractivity contribution in [3.63, 3.8) is 0 Å². The Balaban J connectivity index is 2.23. The normalized spacial score (nSPS) is 25.4. The number of likely N-dealkylation sites (N-methyl/N-ethyl adjacent to an activating group) is 1. The van der Waals surface area contributed by atoms with Gasteiger partial charge in [0.05, 0.1) is 0 Å². The van der Waals surface area contributed by atoms with E-state index in [1.807, 2.05) is 12.1 Å². The number of aliphatic hydroxyl groups excluding tert-OH is 1. The number of aliphatic hydroxyl groups is 1. The fourth-order valence-corrected chi connectivity index (χ4v) is 2.88. The van der Waals surface area contributed by atoms with Crippen LogP contribution in [0.5, 0.6) is 0 Å². The molecule has 0 aliphatic carbocycles. The lowest BCUT2D eigenvalue weighted by molar-refractivity contribution is 0.198. The van der Waals surface area contributed by atoms with E-state index in [9.17, 15) is 9.50 Å². The van der Waals surface area contributed by atoms with Gasteiger partial charge in [-0.1, -0.05) is 0 Å². The Morgan fingerprint density at radius 1 is 1.28 bits per heavy atom. The van der Waals surface area contributed by atoms with Gasteiger partial charge in [0.2, 0.25) is 0 Å². The quantitative estimate of drug-likeness (QED) is 0.887. The van der Waals surface area contributed by atoms with Crippen molar-refractivity contribution in [2.45, 2.75) is 25.4 Å². The van der Waals surface area contributed by atoms with E-state index < -0.39 is 0 Å². The third kappa shape index (κ3) is 2.82. The Labute approximate surface area is 108 Å². The SMILES string of the molecule is CC1CN(C)CC(CCO)N1c1ccc(F)cc1. The fraction of sp³-hybridized carbons (Fsp3) is 0.571. The molecular weight excluding hydrogens is 231 g/mol. The van der Waals surface area contributed by atoms with Crippen LogP contribution in [0, 0.1) is 5.82 Å². The zero-order valence-corrected chi connectivity index (χ0v) is 11.0. The van der Waals surface area contributed by atoms with Gasteiger partial charge >= 0.3 is 0 Å². The molecule has 0 bridgehead atoms. The Hall–Kier alpha value is -1.13. The second-order valence-electron chi connectivity index (χ2n) is 5.12. The van der Waals surface area contributed by atoms with Gasteiger partial charge in [0.25, 0.3) is 0 Å². The van der Waals surface area contributed by atoms with Gasteiger partial charge in [-0.15, -0.1) is 0 Å². The lowest BCUT2D eigenvalue weighted by atomic mass is 10.0. The maximum Gasteiger partial charge on any atom is 0.123 e. The smallest absolute Gasteiger partial charge is 0.123 e. The van der Waals surface area contributed by atoms with Gasteiger partial charge in [-0.05, 0) is 44.7 Å². The third-order valence-corrected chi connectivity index (χ3v) is 3.55. The average Bonchev–Trinajstić information content (AvgIpc) is 2.31. The number of anilines is 1. The van der Waals surface area contributed by atoms with Crippen molar-refractivity contribution in [3.8, 4) is 0 Å². The van der Waals surface area contributed by atoms with Gasteiger partial charge in [-0.3, -0.25) is 0 Å². The monoisotopic (exact) mass is 252 g/mol. The summed E-state index contributed by atoms with van der Waals surface area (Å²) in [5.41, 5.74) is 1.04. The zero-order chi connectivity index (χ0) is 13.1. The molecule has 18 heavy (non-hydrogen) atoms. The topological polar surface area (TPSA) is 26.7 Å². The lowest BCUT2D eigenvalue weighted by Crippen LogP contribution is -2.57. The highest BCUT2D eigenvalue weighted by Gasteiger charge is 2.30.